The molecule has 1 unspecified atom stereocenters. The zero-order valence-corrected chi connectivity index (χ0v) is 12.0. The predicted molar refractivity (Wildman–Crippen MR) is 76.5 cm³/mol. The van der Waals surface area contributed by atoms with Crippen LogP contribution in [-0.4, -0.2) is 41.7 Å². The average molecular weight is 319 g/mol. The topological polar surface area (TPSA) is 137 Å². The minimum Gasteiger partial charge on any atom is -0.307 e. The molecule has 0 bridgehead atoms. The summed E-state index contributed by atoms with van der Waals surface area (Å²) in [6.45, 7) is 0. The van der Waals surface area contributed by atoms with E-state index in [-0.39, 0.29) is 0 Å². The van der Waals surface area contributed by atoms with Crippen molar-refractivity contribution < 1.29 is 24.0 Å². The molecule has 1 aliphatic heterocycles. The van der Waals surface area contributed by atoms with Gasteiger partial charge < -0.3 is 5.32 Å². The summed E-state index contributed by atoms with van der Waals surface area (Å²) in [5, 5.41) is 4.28. The maximum absolute atomic E-state index is 11.9. The number of hydrogen-bond acceptors (Lipinski definition) is 5. The van der Waals surface area contributed by atoms with E-state index < -0.39 is 35.7 Å². The summed E-state index contributed by atoms with van der Waals surface area (Å²) in [5.74, 6) is -4.85. The molecular weight excluding hydrogens is 306 g/mol. The fourth-order valence-corrected chi connectivity index (χ4v) is 1.77. The van der Waals surface area contributed by atoms with Gasteiger partial charge in [0.25, 0.3) is 11.8 Å². The molecule has 0 spiro atoms. The molecule has 1 aliphatic rings. The molecular formula is C13H13N5O5. The highest BCUT2D eigenvalue weighted by molar-refractivity contribution is 6.26. The second-order valence-corrected chi connectivity index (χ2v) is 4.56. The number of para-hydroxylation sites is 1. The van der Waals surface area contributed by atoms with Crippen molar-refractivity contribution in [1.82, 2.24) is 21.1 Å². The Balaban J connectivity index is 1.91. The second-order valence-electron chi connectivity index (χ2n) is 4.56. The van der Waals surface area contributed by atoms with Gasteiger partial charge in [0.15, 0.2) is 5.92 Å². The highest BCUT2D eigenvalue weighted by Crippen LogP contribution is 2.08. The molecule has 1 fully saturated rings. The third-order valence-corrected chi connectivity index (χ3v) is 2.97. The number of anilines is 1. The van der Waals surface area contributed by atoms with E-state index in [9.17, 15) is 24.0 Å². The van der Waals surface area contributed by atoms with Crippen LogP contribution in [0.25, 0.3) is 0 Å². The molecule has 10 nitrogen and oxygen atoms in total. The lowest BCUT2D eigenvalue weighted by atomic mass is 10.1. The van der Waals surface area contributed by atoms with Crippen LogP contribution in [0, 0.1) is 5.92 Å². The number of nitrogens with one attached hydrogen (secondary N) is 4. The first-order chi connectivity index (χ1) is 10.9. The largest absolute Gasteiger partial charge is 0.337 e. The third-order valence-electron chi connectivity index (χ3n) is 2.97. The number of hydrogen-bond donors (Lipinski definition) is 4. The molecule has 0 aromatic heterocycles. The Hall–Kier alpha value is -3.43. The van der Waals surface area contributed by atoms with E-state index in [1.165, 1.54) is 0 Å². The number of carbonyl (C=O) groups is 5. The number of imide groups is 2. The first-order valence-corrected chi connectivity index (χ1v) is 6.44. The minimum atomic E-state index is -1.75. The van der Waals surface area contributed by atoms with E-state index >= 15 is 0 Å². The predicted octanol–water partition coefficient (Wildman–Crippen LogP) is -0.836. The molecule has 1 aromatic carbocycles. The first-order valence-electron chi connectivity index (χ1n) is 6.44. The van der Waals surface area contributed by atoms with Crippen molar-refractivity contribution in [3.8, 4) is 0 Å². The Kier molecular flexibility index (Phi) is 4.55. The van der Waals surface area contributed by atoms with Gasteiger partial charge in [-0.1, -0.05) is 18.2 Å². The molecule has 4 N–H and O–H groups in total. The van der Waals surface area contributed by atoms with Crippen LogP contribution in [0.4, 0.5) is 15.3 Å². The Bertz CT molecular complexity index is 675. The van der Waals surface area contributed by atoms with Crippen molar-refractivity contribution in [3.05, 3.63) is 30.3 Å². The Morgan fingerprint density at radius 3 is 2.39 bits per heavy atom. The summed E-state index contributed by atoms with van der Waals surface area (Å²) in [7, 11) is 1.12. The molecule has 0 saturated carbocycles. The van der Waals surface area contributed by atoms with E-state index in [0.717, 1.165) is 7.05 Å². The Morgan fingerprint density at radius 1 is 1.09 bits per heavy atom. The van der Waals surface area contributed by atoms with Crippen LogP contribution in [0.2, 0.25) is 0 Å². The average Bonchev–Trinajstić information content (AvgIpc) is 2.52. The normalized spacial score (nSPS) is 17.3. The molecule has 0 aliphatic carbocycles. The van der Waals surface area contributed by atoms with E-state index in [0.29, 0.717) is 10.6 Å². The zero-order valence-electron chi connectivity index (χ0n) is 12.0. The van der Waals surface area contributed by atoms with Gasteiger partial charge in [-0.15, -0.1) is 0 Å². The number of rotatable bonds is 2. The summed E-state index contributed by atoms with van der Waals surface area (Å²) >= 11 is 0. The standard InChI is InChI=1S/C13H13N5O5/c1-18-11(21)8(9(19)15-13(18)23)10(20)16-17-12(22)14-7-5-3-2-4-6-7/h2-6,8H,1H3,(H,16,20)(H2,14,17,22)(H,15,19,23). The fraction of sp³-hybridized carbons (Fsp3) is 0.154. The lowest BCUT2D eigenvalue weighted by Crippen LogP contribution is -2.61. The minimum absolute atomic E-state index is 0.482. The smallest absolute Gasteiger partial charge is 0.307 e. The lowest BCUT2D eigenvalue weighted by molar-refractivity contribution is -0.147. The molecule has 120 valence electrons. The maximum atomic E-state index is 11.9. The van der Waals surface area contributed by atoms with Crippen molar-refractivity contribution >= 4 is 35.5 Å². The van der Waals surface area contributed by atoms with Gasteiger partial charge in [0, 0.05) is 12.7 Å². The molecule has 0 radical (unpaired) electrons. The lowest BCUT2D eigenvalue weighted by Gasteiger charge is -2.26. The fourth-order valence-electron chi connectivity index (χ4n) is 1.77. The number of benzene rings is 1. The summed E-state index contributed by atoms with van der Waals surface area (Å²) in [4.78, 5) is 58.6. The summed E-state index contributed by atoms with van der Waals surface area (Å²) in [5.41, 5.74) is 4.44. The van der Waals surface area contributed by atoms with Gasteiger partial charge >= 0.3 is 12.1 Å². The van der Waals surface area contributed by atoms with E-state index in [2.05, 4.69) is 5.32 Å². The number of nitrogens with zero attached hydrogens (tertiary/aromatic N) is 1. The number of amides is 7. The van der Waals surface area contributed by atoms with Gasteiger partial charge in [-0.3, -0.25) is 30.0 Å². The third kappa shape index (κ3) is 3.61. The highest BCUT2D eigenvalue weighted by Gasteiger charge is 2.43. The van der Waals surface area contributed by atoms with Crippen molar-refractivity contribution in [2.24, 2.45) is 5.92 Å². The molecule has 2 rings (SSSR count). The van der Waals surface area contributed by atoms with Crippen LogP contribution in [-0.2, 0) is 14.4 Å². The van der Waals surface area contributed by atoms with Gasteiger partial charge in [0.2, 0.25) is 5.91 Å². The number of hydrazine groups is 1. The zero-order chi connectivity index (χ0) is 17.0. The molecule has 7 amide bonds. The molecule has 10 heteroatoms. The van der Waals surface area contributed by atoms with E-state index in [1.807, 2.05) is 16.2 Å². The molecule has 23 heavy (non-hydrogen) atoms. The van der Waals surface area contributed by atoms with Crippen LogP contribution in [0.1, 0.15) is 0 Å². The van der Waals surface area contributed by atoms with Crippen molar-refractivity contribution in [1.29, 1.82) is 0 Å². The second kappa shape index (κ2) is 6.56. The Morgan fingerprint density at radius 2 is 1.74 bits per heavy atom. The van der Waals surface area contributed by atoms with Crippen LogP contribution in [0.15, 0.2) is 30.3 Å². The number of barbiturate groups is 1. The highest BCUT2D eigenvalue weighted by atomic mass is 16.2. The summed E-state index contributed by atoms with van der Waals surface area (Å²) < 4.78 is 0. The van der Waals surface area contributed by atoms with Crippen LogP contribution in [0.3, 0.4) is 0 Å². The van der Waals surface area contributed by atoms with Crippen LogP contribution < -0.4 is 21.5 Å². The summed E-state index contributed by atoms with van der Waals surface area (Å²) in [6, 6.07) is 6.73. The van der Waals surface area contributed by atoms with Gasteiger partial charge in [-0.2, -0.15) is 0 Å². The van der Waals surface area contributed by atoms with Crippen molar-refractivity contribution in [3.63, 3.8) is 0 Å². The van der Waals surface area contributed by atoms with Crippen molar-refractivity contribution in [2.75, 3.05) is 12.4 Å². The monoisotopic (exact) mass is 319 g/mol. The SMILES string of the molecule is CN1C(=O)NC(=O)C(C(=O)NNC(=O)Nc2ccccc2)C1=O. The summed E-state index contributed by atoms with van der Waals surface area (Å²) in [6.07, 6.45) is 0. The van der Waals surface area contributed by atoms with Gasteiger partial charge in [0.05, 0.1) is 0 Å². The Labute approximate surface area is 130 Å². The van der Waals surface area contributed by atoms with E-state index in [4.69, 9.17) is 0 Å². The van der Waals surface area contributed by atoms with Crippen LogP contribution in [0.5, 0.6) is 0 Å². The van der Waals surface area contributed by atoms with Crippen LogP contribution >= 0.6 is 0 Å². The molecule has 1 aromatic rings. The van der Waals surface area contributed by atoms with Crippen molar-refractivity contribution in [2.45, 2.75) is 0 Å². The molecule has 1 heterocycles. The van der Waals surface area contributed by atoms with Gasteiger partial charge in [0.1, 0.15) is 0 Å². The molecule has 1 atom stereocenters. The van der Waals surface area contributed by atoms with E-state index in [1.54, 1.807) is 30.3 Å². The van der Waals surface area contributed by atoms with Gasteiger partial charge in [-0.05, 0) is 12.1 Å². The number of carbonyl (C=O) groups excluding carboxylic acids is 5. The van der Waals surface area contributed by atoms with Gasteiger partial charge in [-0.25, -0.2) is 15.0 Å². The number of urea groups is 2. The maximum Gasteiger partial charge on any atom is 0.337 e. The molecule has 1 saturated heterocycles. The first kappa shape index (κ1) is 15.9. The quantitative estimate of drug-likeness (QED) is 0.416.